The molecule has 9 nitrogen and oxygen atoms in total. The summed E-state index contributed by atoms with van der Waals surface area (Å²) in [6.07, 6.45) is 0.545. The molecular formula is C10H18N6O3S. The molecule has 2 rings (SSSR count). The molecule has 1 saturated heterocycles. The van der Waals surface area contributed by atoms with Crippen molar-refractivity contribution in [2.24, 2.45) is 5.84 Å². The van der Waals surface area contributed by atoms with Crippen LogP contribution in [0.3, 0.4) is 0 Å². The first-order valence-corrected chi connectivity index (χ1v) is 8.17. The van der Waals surface area contributed by atoms with Crippen molar-refractivity contribution in [1.29, 1.82) is 0 Å². The van der Waals surface area contributed by atoms with Gasteiger partial charge >= 0.3 is 6.01 Å². The first-order valence-electron chi connectivity index (χ1n) is 6.35. The number of sulfone groups is 1. The van der Waals surface area contributed by atoms with Gasteiger partial charge in [0, 0.05) is 13.1 Å². The zero-order valence-electron chi connectivity index (χ0n) is 11.2. The van der Waals surface area contributed by atoms with Crippen molar-refractivity contribution in [3.8, 4) is 6.01 Å². The van der Waals surface area contributed by atoms with E-state index in [1.807, 2.05) is 6.92 Å². The number of hydrogen-bond acceptors (Lipinski definition) is 9. The van der Waals surface area contributed by atoms with E-state index in [0.717, 1.165) is 0 Å². The maximum atomic E-state index is 11.6. The zero-order valence-corrected chi connectivity index (χ0v) is 12.1. The fourth-order valence-electron chi connectivity index (χ4n) is 1.88. The van der Waals surface area contributed by atoms with Crippen molar-refractivity contribution in [1.82, 2.24) is 15.0 Å². The first kappa shape index (κ1) is 14.7. The molecule has 3 N–H and O–H groups in total. The lowest BCUT2D eigenvalue weighted by atomic mass is 10.4. The van der Waals surface area contributed by atoms with Gasteiger partial charge in [-0.2, -0.15) is 15.0 Å². The van der Waals surface area contributed by atoms with Crippen LogP contribution in [0.25, 0.3) is 0 Å². The number of nitrogens with one attached hydrogen (secondary N) is 1. The number of ether oxygens (including phenoxy) is 1. The third-order valence-corrected chi connectivity index (χ3v) is 4.56. The molecule has 0 unspecified atom stereocenters. The third-order valence-electron chi connectivity index (χ3n) is 2.84. The number of aromatic nitrogens is 3. The van der Waals surface area contributed by atoms with E-state index in [9.17, 15) is 8.42 Å². The molecule has 0 amide bonds. The maximum absolute atomic E-state index is 11.6. The molecule has 0 spiro atoms. The molecular weight excluding hydrogens is 284 g/mol. The fraction of sp³-hybridized carbons (Fsp3) is 0.700. The molecule has 0 radical (unpaired) electrons. The Balaban J connectivity index is 2.24. The molecule has 0 aliphatic carbocycles. The SMILES string of the molecule is CCOc1nc(NN)nc(N2CCCS(=O)(=O)CC2)n1. The summed E-state index contributed by atoms with van der Waals surface area (Å²) in [6, 6.07) is 0.164. The van der Waals surface area contributed by atoms with E-state index < -0.39 is 9.84 Å². The summed E-state index contributed by atoms with van der Waals surface area (Å²) in [7, 11) is -2.98. The van der Waals surface area contributed by atoms with Crippen LogP contribution in [0, 0.1) is 0 Å². The largest absolute Gasteiger partial charge is 0.464 e. The fourth-order valence-corrected chi connectivity index (χ4v) is 3.16. The zero-order chi connectivity index (χ0) is 14.6. The van der Waals surface area contributed by atoms with Crippen molar-refractivity contribution in [3.05, 3.63) is 0 Å². The van der Waals surface area contributed by atoms with Crippen LogP contribution in [0.2, 0.25) is 0 Å². The molecule has 1 aromatic heterocycles. The van der Waals surface area contributed by atoms with Gasteiger partial charge in [-0.05, 0) is 13.3 Å². The predicted molar refractivity (Wildman–Crippen MR) is 74.3 cm³/mol. The number of rotatable bonds is 4. The van der Waals surface area contributed by atoms with Crippen LogP contribution in [-0.4, -0.2) is 54.6 Å². The summed E-state index contributed by atoms with van der Waals surface area (Å²) >= 11 is 0. The number of anilines is 2. The van der Waals surface area contributed by atoms with Gasteiger partial charge in [0.25, 0.3) is 0 Å². The number of hydrazine groups is 1. The average Bonchev–Trinajstić information content (AvgIpc) is 2.59. The lowest BCUT2D eigenvalue weighted by Gasteiger charge is -2.20. The van der Waals surface area contributed by atoms with Gasteiger partial charge in [-0.25, -0.2) is 14.3 Å². The van der Waals surface area contributed by atoms with Crippen LogP contribution in [0.15, 0.2) is 0 Å². The van der Waals surface area contributed by atoms with E-state index in [1.165, 1.54) is 0 Å². The van der Waals surface area contributed by atoms with Gasteiger partial charge in [0.05, 0.1) is 18.1 Å². The Labute approximate surface area is 117 Å². The Morgan fingerprint density at radius 2 is 2.10 bits per heavy atom. The number of nitrogens with zero attached hydrogens (tertiary/aromatic N) is 4. The predicted octanol–water partition coefficient (Wildman–Crippen LogP) is -0.819. The van der Waals surface area contributed by atoms with Crippen LogP contribution >= 0.6 is 0 Å². The summed E-state index contributed by atoms with van der Waals surface area (Å²) in [5.41, 5.74) is 2.35. The molecule has 0 aromatic carbocycles. The first-order chi connectivity index (χ1) is 9.54. The lowest BCUT2D eigenvalue weighted by molar-refractivity contribution is 0.312. The van der Waals surface area contributed by atoms with E-state index >= 15 is 0 Å². The van der Waals surface area contributed by atoms with Crippen LogP contribution < -0.4 is 20.9 Å². The monoisotopic (exact) mass is 302 g/mol. The Morgan fingerprint density at radius 3 is 2.80 bits per heavy atom. The van der Waals surface area contributed by atoms with Gasteiger partial charge in [-0.15, -0.1) is 0 Å². The molecule has 0 saturated carbocycles. The summed E-state index contributed by atoms with van der Waals surface area (Å²) < 4.78 is 28.5. The Morgan fingerprint density at radius 1 is 1.30 bits per heavy atom. The lowest BCUT2D eigenvalue weighted by Crippen LogP contribution is -2.29. The molecule has 2 heterocycles. The van der Waals surface area contributed by atoms with E-state index in [4.69, 9.17) is 10.6 Å². The standard InChI is InChI=1S/C10H18N6O3S/c1-2-19-10-13-8(15-11)12-9(14-10)16-4-3-6-20(17,18)7-5-16/h2-7,11H2,1H3,(H,12,13,14,15). The Bertz CT molecular complexity index is 564. The average molecular weight is 302 g/mol. The van der Waals surface area contributed by atoms with Crippen LogP contribution in [0.4, 0.5) is 11.9 Å². The summed E-state index contributed by atoms with van der Waals surface area (Å²) in [6.45, 7) is 3.15. The molecule has 20 heavy (non-hydrogen) atoms. The molecule has 10 heteroatoms. The minimum absolute atomic E-state index is 0.0913. The smallest absolute Gasteiger partial charge is 0.323 e. The number of nitrogen functional groups attached to an aromatic ring is 1. The van der Waals surface area contributed by atoms with Crippen molar-refractivity contribution in [3.63, 3.8) is 0 Å². The molecule has 1 aromatic rings. The van der Waals surface area contributed by atoms with Gasteiger partial charge in [0.1, 0.15) is 0 Å². The van der Waals surface area contributed by atoms with Crippen molar-refractivity contribution >= 4 is 21.7 Å². The summed E-state index contributed by atoms with van der Waals surface area (Å²) in [4.78, 5) is 14.1. The topological polar surface area (TPSA) is 123 Å². The summed E-state index contributed by atoms with van der Waals surface area (Å²) in [5, 5.41) is 0. The minimum atomic E-state index is -2.98. The normalized spacial score (nSPS) is 18.4. The number of hydrogen-bond donors (Lipinski definition) is 2. The van der Waals surface area contributed by atoms with Gasteiger partial charge in [-0.1, -0.05) is 0 Å². The van der Waals surface area contributed by atoms with Gasteiger partial charge in [0.2, 0.25) is 11.9 Å². The molecule has 1 fully saturated rings. The van der Waals surface area contributed by atoms with E-state index in [1.54, 1.807) is 4.90 Å². The quantitative estimate of drug-likeness (QED) is 0.542. The second-order valence-corrected chi connectivity index (χ2v) is 6.61. The molecule has 0 bridgehead atoms. The summed E-state index contributed by atoms with van der Waals surface area (Å²) in [5.74, 6) is 6.15. The molecule has 1 aliphatic heterocycles. The van der Waals surface area contributed by atoms with Gasteiger partial charge < -0.3 is 9.64 Å². The van der Waals surface area contributed by atoms with E-state index in [-0.39, 0.29) is 23.5 Å². The second kappa shape index (κ2) is 6.18. The molecule has 112 valence electrons. The molecule has 1 aliphatic rings. The van der Waals surface area contributed by atoms with E-state index in [0.29, 0.717) is 32.1 Å². The Kier molecular flexibility index (Phi) is 4.55. The number of nitrogens with two attached hydrogens (primary N) is 1. The highest BCUT2D eigenvalue weighted by molar-refractivity contribution is 7.91. The Hall–Kier alpha value is -1.68. The van der Waals surface area contributed by atoms with Crippen molar-refractivity contribution in [2.45, 2.75) is 13.3 Å². The van der Waals surface area contributed by atoms with Crippen molar-refractivity contribution < 1.29 is 13.2 Å². The van der Waals surface area contributed by atoms with Crippen LogP contribution in [0.5, 0.6) is 6.01 Å². The van der Waals surface area contributed by atoms with Crippen molar-refractivity contribution in [2.75, 3.05) is 41.5 Å². The maximum Gasteiger partial charge on any atom is 0.323 e. The van der Waals surface area contributed by atoms with Gasteiger partial charge in [-0.3, -0.25) is 5.43 Å². The van der Waals surface area contributed by atoms with Crippen LogP contribution in [-0.2, 0) is 9.84 Å². The van der Waals surface area contributed by atoms with Crippen LogP contribution in [0.1, 0.15) is 13.3 Å². The third kappa shape index (κ3) is 3.67. The highest BCUT2D eigenvalue weighted by Gasteiger charge is 2.22. The van der Waals surface area contributed by atoms with E-state index in [2.05, 4.69) is 20.4 Å². The molecule has 0 atom stereocenters. The minimum Gasteiger partial charge on any atom is -0.464 e. The van der Waals surface area contributed by atoms with Gasteiger partial charge in [0.15, 0.2) is 9.84 Å². The highest BCUT2D eigenvalue weighted by atomic mass is 32.2. The highest BCUT2D eigenvalue weighted by Crippen LogP contribution is 2.17. The second-order valence-electron chi connectivity index (χ2n) is 4.31.